The van der Waals surface area contributed by atoms with Crippen molar-refractivity contribution in [3.05, 3.63) is 19.1 Å². The van der Waals surface area contributed by atoms with Gasteiger partial charge in [-0.2, -0.15) is 0 Å². The van der Waals surface area contributed by atoms with E-state index in [2.05, 4.69) is 12.2 Å². The lowest BCUT2D eigenvalue weighted by molar-refractivity contribution is 0.324. The topological polar surface area (TPSA) is 39.7 Å². The van der Waals surface area contributed by atoms with Gasteiger partial charge in [0.15, 0.2) is 11.5 Å². The maximum atomic E-state index is 5.20. The zero-order chi connectivity index (χ0) is 11.3. The molecule has 4 heteroatoms. The zero-order valence-corrected chi connectivity index (χ0v) is 9.29. The first kappa shape index (κ1) is 11.5. The van der Waals surface area contributed by atoms with Crippen LogP contribution in [0.2, 0.25) is 0 Å². The second kappa shape index (κ2) is 5.34. The third-order valence-corrected chi connectivity index (χ3v) is 1.99. The highest BCUT2D eigenvalue weighted by atomic mass is 16.5. The van der Waals surface area contributed by atoms with E-state index in [0.717, 1.165) is 5.69 Å². The fourth-order valence-electron chi connectivity index (χ4n) is 1.33. The summed E-state index contributed by atoms with van der Waals surface area (Å²) in [5, 5.41) is 3.08. The highest BCUT2D eigenvalue weighted by Crippen LogP contribution is 2.39. The largest absolute Gasteiger partial charge is 0.493 e. The summed E-state index contributed by atoms with van der Waals surface area (Å²) in [6.07, 6.45) is 0. The van der Waals surface area contributed by atoms with Crippen molar-refractivity contribution in [3.63, 3.8) is 0 Å². The Labute approximate surface area is 90.1 Å². The highest BCUT2D eigenvalue weighted by Gasteiger charge is 2.12. The van der Waals surface area contributed by atoms with Crippen molar-refractivity contribution >= 4 is 5.69 Å². The minimum Gasteiger partial charge on any atom is -0.493 e. The maximum absolute atomic E-state index is 5.20. The minimum atomic E-state index is 0.592. The molecule has 0 aliphatic rings. The number of anilines is 1. The minimum absolute atomic E-state index is 0.592. The Morgan fingerprint density at radius 3 is 1.93 bits per heavy atom. The molecule has 15 heavy (non-hydrogen) atoms. The molecule has 1 aromatic carbocycles. The summed E-state index contributed by atoms with van der Waals surface area (Å²) in [6, 6.07) is 3.68. The summed E-state index contributed by atoms with van der Waals surface area (Å²) in [6.45, 7) is 4.31. The number of hydrogen-bond donors (Lipinski definition) is 1. The molecule has 0 aromatic heterocycles. The number of nitrogens with one attached hydrogen (secondary N) is 1. The Bertz CT molecular complexity index is 301. The summed E-state index contributed by atoms with van der Waals surface area (Å²) in [4.78, 5) is 0. The van der Waals surface area contributed by atoms with Crippen LogP contribution in [0, 0.1) is 6.92 Å². The van der Waals surface area contributed by atoms with E-state index >= 15 is 0 Å². The molecule has 0 saturated carbocycles. The van der Waals surface area contributed by atoms with Crippen molar-refractivity contribution < 1.29 is 14.2 Å². The molecular weight excluding hydrogens is 194 g/mol. The van der Waals surface area contributed by atoms with Crippen molar-refractivity contribution in [2.24, 2.45) is 0 Å². The number of rotatable bonds is 5. The van der Waals surface area contributed by atoms with E-state index in [1.54, 1.807) is 21.3 Å². The van der Waals surface area contributed by atoms with E-state index < -0.39 is 0 Å². The molecule has 0 atom stereocenters. The standard InChI is InChI=1S/C11H16NO3/c1-5-12-8-6-9(13-2)11(15-4)10(7-8)14-3/h6-7,12H,1,5H2,2-4H3. The Kier molecular flexibility index (Phi) is 4.09. The van der Waals surface area contributed by atoms with E-state index in [-0.39, 0.29) is 0 Å². The van der Waals surface area contributed by atoms with E-state index in [9.17, 15) is 0 Å². The summed E-state index contributed by atoms with van der Waals surface area (Å²) in [7, 11) is 4.76. The molecule has 0 spiro atoms. The SMILES string of the molecule is [CH2]CNc1cc(OC)c(OC)c(OC)c1. The monoisotopic (exact) mass is 210 g/mol. The third-order valence-electron chi connectivity index (χ3n) is 1.99. The lowest BCUT2D eigenvalue weighted by Gasteiger charge is -2.14. The first-order chi connectivity index (χ1) is 7.26. The maximum Gasteiger partial charge on any atom is 0.203 e. The molecule has 83 valence electrons. The van der Waals surface area contributed by atoms with Crippen LogP contribution in [0.5, 0.6) is 17.2 Å². The van der Waals surface area contributed by atoms with Crippen LogP contribution in [-0.2, 0) is 0 Å². The molecule has 1 rings (SSSR count). The summed E-state index contributed by atoms with van der Waals surface area (Å²) >= 11 is 0. The molecule has 1 aromatic rings. The molecule has 1 N–H and O–H groups in total. The molecule has 0 amide bonds. The highest BCUT2D eigenvalue weighted by molar-refractivity contribution is 5.62. The van der Waals surface area contributed by atoms with Crippen molar-refractivity contribution in [3.8, 4) is 17.2 Å². The molecule has 1 radical (unpaired) electrons. The Hall–Kier alpha value is -1.58. The molecule has 0 heterocycles. The molecule has 0 bridgehead atoms. The first-order valence-electron chi connectivity index (χ1n) is 4.60. The average molecular weight is 210 g/mol. The smallest absolute Gasteiger partial charge is 0.203 e. The second-order valence-corrected chi connectivity index (χ2v) is 2.84. The molecule has 0 aliphatic carbocycles. The van der Waals surface area contributed by atoms with E-state index in [4.69, 9.17) is 14.2 Å². The van der Waals surface area contributed by atoms with Crippen LogP contribution in [0.4, 0.5) is 5.69 Å². The molecular formula is C11H16NO3. The van der Waals surface area contributed by atoms with Crippen LogP contribution in [-0.4, -0.2) is 27.9 Å². The summed E-state index contributed by atoms with van der Waals surface area (Å²) in [5.74, 6) is 1.86. The van der Waals surface area contributed by atoms with Gasteiger partial charge in [0.2, 0.25) is 5.75 Å². The summed E-state index contributed by atoms with van der Waals surface area (Å²) < 4.78 is 15.6. The third kappa shape index (κ3) is 2.46. The van der Waals surface area contributed by atoms with Gasteiger partial charge in [-0.25, -0.2) is 0 Å². The van der Waals surface area contributed by atoms with E-state index in [0.29, 0.717) is 23.8 Å². The molecule has 0 fully saturated rings. The first-order valence-corrected chi connectivity index (χ1v) is 4.60. The molecule has 0 saturated heterocycles. The Morgan fingerprint density at radius 2 is 1.60 bits per heavy atom. The molecule has 0 aliphatic heterocycles. The van der Waals surface area contributed by atoms with Gasteiger partial charge >= 0.3 is 0 Å². The van der Waals surface area contributed by atoms with Gasteiger partial charge in [0.05, 0.1) is 21.3 Å². The van der Waals surface area contributed by atoms with E-state index in [1.807, 2.05) is 12.1 Å². The second-order valence-electron chi connectivity index (χ2n) is 2.84. The van der Waals surface area contributed by atoms with Gasteiger partial charge in [-0.15, -0.1) is 0 Å². The van der Waals surface area contributed by atoms with Gasteiger partial charge in [-0.3, -0.25) is 0 Å². The lowest BCUT2D eigenvalue weighted by atomic mass is 10.2. The van der Waals surface area contributed by atoms with Gasteiger partial charge in [0.25, 0.3) is 0 Å². The Balaban J connectivity index is 3.16. The average Bonchev–Trinajstić information content (AvgIpc) is 2.28. The van der Waals surface area contributed by atoms with Gasteiger partial charge in [-0.05, 0) is 6.92 Å². The predicted molar refractivity (Wildman–Crippen MR) is 59.9 cm³/mol. The predicted octanol–water partition coefficient (Wildman–Crippen LogP) is 1.96. The van der Waals surface area contributed by atoms with Crippen LogP contribution in [0.15, 0.2) is 12.1 Å². The van der Waals surface area contributed by atoms with Crippen molar-refractivity contribution in [1.29, 1.82) is 0 Å². The normalized spacial score (nSPS) is 9.60. The van der Waals surface area contributed by atoms with Crippen LogP contribution in [0.3, 0.4) is 0 Å². The zero-order valence-electron chi connectivity index (χ0n) is 9.29. The number of benzene rings is 1. The summed E-state index contributed by atoms with van der Waals surface area (Å²) in [5.41, 5.74) is 0.888. The Morgan fingerprint density at radius 1 is 1.07 bits per heavy atom. The van der Waals surface area contributed by atoms with Crippen LogP contribution >= 0.6 is 0 Å². The quantitative estimate of drug-likeness (QED) is 0.806. The van der Waals surface area contributed by atoms with Crippen LogP contribution < -0.4 is 19.5 Å². The van der Waals surface area contributed by atoms with Gasteiger partial charge in [0, 0.05) is 24.4 Å². The van der Waals surface area contributed by atoms with Gasteiger partial charge < -0.3 is 19.5 Å². The van der Waals surface area contributed by atoms with Crippen molar-refractivity contribution in [1.82, 2.24) is 0 Å². The van der Waals surface area contributed by atoms with Gasteiger partial charge in [0.1, 0.15) is 0 Å². The van der Waals surface area contributed by atoms with Crippen LogP contribution in [0.25, 0.3) is 0 Å². The number of hydrogen-bond acceptors (Lipinski definition) is 4. The lowest BCUT2D eigenvalue weighted by Crippen LogP contribution is -2.00. The molecule has 0 unspecified atom stereocenters. The molecule has 4 nitrogen and oxygen atoms in total. The van der Waals surface area contributed by atoms with E-state index in [1.165, 1.54) is 0 Å². The van der Waals surface area contributed by atoms with Crippen molar-refractivity contribution in [2.75, 3.05) is 33.2 Å². The fraction of sp³-hybridized carbons (Fsp3) is 0.364. The number of methoxy groups -OCH3 is 3. The van der Waals surface area contributed by atoms with Crippen molar-refractivity contribution in [2.45, 2.75) is 0 Å². The number of ether oxygens (including phenoxy) is 3. The van der Waals surface area contributed by atoms with Gasteiger partial charge in [-0.1, -0.05) is 0 Å². The fourth-order valence-corrected chi connectivity index (χ4v) is 1.33. The van der Waals surface area contributed by atoms with Crippen LogP contribution in [0.1, 0.15) is 0 Å².